The Morgan fingerprint density at radius 1 is 0.929 bits per heavy atom. The summed E-state index contributed by atoms with van der Waals surface area (Å²) >= 11 is 5.98. The fourth-order valence-electron chi connectivity index (χ4n) is 4.71. The van der Waals surface area contributed by atoms with Gasteiger partial charge >= 0.3 is 23.9 Å². The number of carboxylic acid groups (broad SMARTS) is 2. The van der Waals surface area contributed by atoms with E-state index in [9.17, 15) is 39.0 Å². The van der Waals surface area contributed by atoms with E-state index in [2.05, 4.69) is 16.0 Å². The summed E-state index contributed by atoms with van der Waals surface area (Å²) in [4.78, 5) is 76.7. The topological polar surface area (TPSA) is 182 Å². The molecular weight excluding hydrogens is 568 g/mol. The lowest BCUT2D eigenvalue weighted by Gasteiger charge is -2.34. The van der Waals surface area contributed by atoms with Crippen LogP contribution in [0.1, 0.15) is 28.4 Å². The van der Waals surface area contributed by atoms with Crippen LogP contribution in [-0.2, 0) is 32.0 Å². The SMILES string of the molecule is CC(=O)c1ccc(Cl)cc1NC(=O)C(=O)NC(Cc1ccccc1)C(=O)NC1(C(=O)O)Cc2ccccc2N1C(=O)O. The summed E-state index contributed by atoms with van der Waals surface area (Å²) in [5.74, 6) is -5.58. The van der Waals surface area contributed by atoms with Crippen LogP contribution < -0.4 is 20.9 Å². The van der Waals surface area contributed by atoms with Crippen molar-refractivity contribution in [3.63, 3.8) is 0 Å². The summed E-state index contributed by atoms with van der Waals surface area (Å²) in [6, 6.07) is 17.1. The first kappa shape index (κ1) is 29.7. The third-order valence-corrected chi connectivity index (χ3v) is 6.89. The third kappa shape index (κ3) is 6.08. The van der Waals surface area contributed by atoms with Crippen LogP contribution in [0.5, 0.6) is 0 Å². The van der Waals surface area contributed by atoms with Gasteiger partial charge in [-0.1, -0.05) is 60.1 Å². The van der Waals surface area contributed by atoms with E-state index in [4.69, 9.17) is 11.6 Å². The largest absolute Gasteiger partial charge is 0.478 e. The number of ketones is 1. The monoisotopic (exact) mass is 592 g/mol. The fraction of sp³-hybridized carbons (Fsp3) is 0.172. The molecule has 0 saturated heterocycles. The van der Waals surface area contributed by atoms with Gasteiger partial charge in [-0.25, -0.2) is 14.5 Å². The highest BCUT2D eigenvalue weighted by molar-refractivity contribution is 6.40. The predicted molar refractivity (Wildman–Crippen MR) is 151 cm³/mol. The summed E-state index contributed by atoms with van der Waals surface area (Å²) in [5.41, 5.74) is -1.35. The number of hydrogen-bond donors (Lipinski definition) is 5. The number of Topliss-reactive ketones (excluding diaryl/α,β-unsaturated/α-hetero) is 1. The molecule has 0 spiro atoms. The lowest BCUT2D eigenvalue weighted by atomic mass is 10.0. The van der Waals surface area contributed by atoms with Crippen molar-refractivity contribution in [3.8, 4) is 0 Å². The van der Waals surface area contributed by atoms with E-state index in [0.717, 1.165) is 0 Å². The Balaban J connectivity index is 1.62. The first-order valence-electron chi connectivity index (χ1n) is 12.6. The number of nitrogens with zero attached hydrogens (tertiary/aromatic N) is 1. The van der Waals surface area contributed by atoms with Gasteiger partial charge in [-0.2, -0.15) is 0 Å². The van der Waals surface area contributed by atoms with Crippen molar-refractivity contribution in [2.75, 3.05) is 10.2 Å². The van der Waals surface area contributed by atoms with Gasteiger partial charge in [0, 0.05) is 23.4 Å². The van der Waals surface area contributed by atoms with Crippen LogP contribution in [0.3, 0.4) is 0 Å². The van der Waals surface area contributed by atoms with E-state index in [-0.39, 0.29) is 34.8 Å². The maximum absolute atomic E-state index is 13.6. The van der Waals surface area contributed by atoms with Crippen LogP contribution in [0.4, 0.5) is 16.2 Å². The highest BCUT2D eigenvalue weighted by Gasteiger charge is 2.55. The second kappa shape index (κ2) is 12.1. The molecule has 4 rings (SSSR count). The smallest absolute Gasteiger partial charge is 0.414 e. The highest BCUT2D eigenvalue weighted by Crippen LogP contribution is 2.38. The van der Waals surface area contributed by atoms with Gasteiger partial charge in [0.05, 0.1) is 11.4 Å². The molecule has 1 aliphatic heterocycles. The number of hydrogen-bond acceptors (Lipinski definition) is 6. The number of fused-ring (bicyclic) bond motifs is 1. The van der Waals surface area contributed by atoms with Crippen LogP contribution in [0, 0.1) is 0 Å². The van der Waals surface area contributed by atoms with Gasteiger partial charge in [-0.05, 0) is 42.3 Å². The average Bonchev–Trinajstić information content (AvgIpc) is 3.28. The maximum atomic E-state index is 13.6. The lowest BCUT2D eigenvalue weighted by Crippen LogP contribution is -2.68. The molecule has 0 saturated carbocycles. The van der Waals surface area contributed by atoms with E-state index in [1.54, 1.807) is 42.5 Å². The standard InChI is InChI=1S/C29H25ClN4O8/c1-16(35)20-12-11-19(30)14-21(20)31-25(37)26(38)32-22(13-17-7-3-2-4-8-17)24(36)33-29(27(39)40)15-18-9-5-6-10-23(18)34(29)28(41)42/h2-12,14,22H,13,15H2,1H3,(H,31,37)(H,32,38)(H,33,36)(H,39,40)(H,41,42). The maximum Gasteiger partial charge on any atom is 0.414 e. The van der Waals surface area contributed by atoms with Gasteiger partial charge in [0.1, 0.15) is 6.04 Å². The molecule has 0 fully saturated rings. The lowest BCUT2D eigenvalue weighted by molar-refractivity contribution is -0.147. The third-order valence-electron chi connectivity index (χ3n) is 6.66. The minimum atomic E-state index is -2.42. The number of carbonyl (C=O) groups excluding carboxylic acids is 4. The molecule has 12 nitrogen and oxygen atoms in total. The van der Waals surface area contributed by atoms with Crippen molar-refractivity contribution in [2.24, 2.45) is 0 Å². The minimum absolute atomic E-state index is 0.0233. The summed E-state index contributed by atoms with van der Waals surface area (Å²) < 4.78 is 0. The summed E-state index contributed by atoms with van der Waals surface area (Å²) in [6.07, 6.45) is -2.17. The van der Waals surface area contributed by atoms with Crippen molar-refractivity contribution in [1.82, 2.24) is 10.6 Å². The van der Waals surface area contributed by atoms with Crippen molar-refractivity contribution in [2.45, 2.75) is 31.5 Å². The van der Waals surface area contributed by atoms with Crippen LogP contribution >= 0.6 is 11.6 Å². The molecule has 3 aromatic rings. The second-order valence-electron chi connectivity index (χ2n) is 9.49. The minimum Gasteiger partial charge on any atom is -0.478 e. The molecule has 0 radical (unpaired) electrons. The molecule has 42 heavy (non-hydrogen) atoms. The van der Waals surface area contributed by atoms with Crippen LogP contribution in [0.2, 0.25) is 5.02 Å². The molecule has 4 amide bonds. The number of benzene rings is 3. The Labute approximate surface area is 244 Å². The average molecular weight is 593 g/mol. The molecule has 0 bridgehead atoms. The fourth-order valence-corrected chi connectivity index (χ4v) is 4.88. The van der Waals surface area contributed by atoms with Gasteiger partial charge in [0.25, 0.3) is 0 Å². The highest BCUT2D eigenvalue weighted by atomic mass is 35.5. The van der Waals surface area contributed by atoms with Crippen molar-refractivity contribution in [3.05, 3.63) is 94.5 Å². The number of amides is 4. The van der Waals surface area contributed by atoms with E-state index in [1.165, 1.54) is 37.3 Å². The number of carbonyl (C=O) groups is 6. The molecule has 1 aliphatic rings. The zero-order valence-corrected chi connectivity index (χ0v) is 22.8. The number of nitrogens with one attached hydrogen (secondary N) is 3. The summed E-state index contributed by atoms with van der Waals surface area (Å²) in [6.45, 7) is 1.26. The number of carboxylic acids is 1. The van der Waals surface area contributed by atoms with Gasteiger partial charge < -0.3 is 26.2 Å². The Morgan fingerprint density at radius 2 is 1.60 bits per heavy atom. The Morgan fingerprint density at radius 3 is 2.24 bits per heavy atom. The van der Waals surface area contributed by atoms with Crippen molar-refractivity contribution in [1.29, 1.82) is 0 Å². The molecule has 216 valence electrons. The summed E-state index contributed by atoms with van der Waals surface area (Å²) in [7, 11) is 0. The molecule has 0 aliphatic carbocycles. The number of aliphatic carboxylic acids is 1. The molecule has 5 N–H and O–H groups in total. The van der Waals surface area contributed by atoms with Gasteiger partial charge in [0.2, 0.25) is 11.6 Å². The Hall–Kier alpha value is -5.23. The number of halogens is 1. The zero-order valence-electron chi connectivity index (χ0n) is 22.1. The predicted octanol–water partition coefficient (Wildman–Crippen LogP) is 2.85. The molecule has 2 unspecified atom stereocenters. The quantitative estimate of drug-likeness (QED) is 0.195. The van der Waals surface area contributed by atoms with Crippen molar-refractivity contribution < 1.29 is 39.0 Å². The molecule has 0 aromatic heterocycles. The molecule has 1 heterocycles. The van der Waals surface area contributed by atoms with Gasteiger partial charge in [-0.15, -0.1) is 0 Å². The Bertz CT molecular complexity index is 1600. The molecule has 2 atom stereocenters. The Kier molecular flexibility index (Phi) is 8.57. The van der Waals surface area contributed by atoms with Crippen LogP contribution in [-0.4, -0.2) is 57.5 Å². The second-order valence-corrected chi connectivity index (χ2v) is 9.93. The first-order chi connectivity index (χ1) is 19.9. The van der Waals surface area contributed by atoms with Gasteiger partial charge in [0.15, 0.2) is 5.78 Å². The molecule has 13 heteroatoms. The van der Waals surface area contributed by atoms with E-state index in [1.807, 2.05) is 0 Å². The number of anilines is 2. The van der Waals surface area contributed by atoms with Crippen LogP contribution in [0.15, 0.2) is 72.8 Å². The van der Waals surface area contributed by atoms with E-state index in [0.29, 0.717) is 16.0 Å². The number of rotatable bonds is 8. The van der Waals surface area contributed by atoms with Gasteiger partial charge in [-0.3, -0.25) is 19.2 Å². The normalized spacial score (nSPS) is 16.1. The first-order valence-corrected chi connectivity index (χ1v) is 12.9. The molecule has 3 aromatic carbocycles. The number of para-hydroxylation sites is 1. The van der Waals surface area contributed by atoms with Crippen molar-refractivity contribution >= 4 is 58.5 Å². The van der Waals surface area contributed by atoms with E-state index >= 15 is 0 Å². The van der Waals surface area contributed by atoms with E-state index < -0.39 is 47.3 Å². The molecular formula is C29H25ClN4O8. The van der Waals surface area contributed by atoms with Crippen LogP contribution in [0.25, 0.3) is 0 Å². The zero-order chi connectivity index (χ0) is 30.6. The summed E-state index contributed by atoms with van der Waals surface area (Å²) in [5, 5.41) is 27.2.